The van der Waals surface area contributed by atoms with Crippen LogP contribution in [0, 0.1) is 0 Å². The van der Waals surface area contributed by atoms with Crippen molar-refractivity contribution >= 4 is 32.7 Å². The molecule has 0 aromatic heterocycles. The molecule has 0 bridgehead atoms. The van der Waals surface area contributed by atoms with Crippen molar-refractivity contribution in [2.75, 3.05) is 19.0 Å². The first-order valence-corrected chi connectivity index (χ1v) is 7.64. The lowest BCUT2D eigenvalue weighted by atomic mass is 10.1. The minimum absolute atomic E-state index is 0.226. The first kappa shape index (κ1) is 14.3. The normalized spacial score (nSPS) is 11.9. The van der Waals surface area contributed by atoms with E-state index in [1.54, 1.807) is 25.1 Å². The first-order chi connectivity index (χ1) is 9.47. The van der Waals surface area contributed by atoms with Crippen LogP contribution in [0.2, 0.25) is 0 Å². The summed E-state index contributed by atoms with van der Waals surface area (Å²) in [4.78, 5) is 4.37. The third kappa shape index (κ3) is 2.60. The first-order valence-electron chi connectivity index (χ1n) is 6.16. The van der Waals surface area contributed by atoms with Gasteiger partial charge in [-0.05, 0) is 19.1 Å². The molecule has 20 heavy (non-hydrogen) atoms. The lowest BCUT2D eigenvalue weighted by molar-refractivity contribution is 0.585. The lowest BCUT2D eigenvalue weighted by Crippen LogP contribution is -2.18. The van der Waals surface area contributed by atoms with E-state index in [1.807, 2.05) is 37.2 Å². The van der Waals surface area contributed by atoms with Gasteiger partial charge < -0.3 is 4.90 Å². The van der Waals surface area contributed by atoms with Crippen molar-refractivity contribution < 1.29 is 8.42 Å². The van der Waals surface area contributed by atoms with E-state index in [0.29, 0.717) is 5.39 Å². The van der Waals surface area contributed by atoms with E-state index in [-0.39, 0.29) is 4.90 Å². The number of hydrogen-bond acceptors (Lipinski definition) is 4. The smallest absolute Gasteiger partial charge is 0.277 e. The van der Waals surface area contributed by atoms with Gasteiger partial charge in [-0.25, -0.2) is 4.83 Å². The van der Waals surface area contributed by atoms with E-state index < -0.39 is 10.0 Å². The molecule has 2 rings (SSSR count). The van der Waals surface area contributed by atoms with Crippen molar-refractivity contribution in [2.45, 2.75) is 11.8 Å². The van der Waals surface area contributed by atoms with Crippen LogP contribution in [-0.2, 0) is 10.0 Å². The molecule has 1 N–H and O–H groups in total. The summed E-state index contributed by atoms with van der Waals surface area (Å²) in [5.74, 6) is 0. The van der Waals surface area contributed by atoms with Gasteiger partial charge in [0.25, 0.3) is 10.0 Å². The van der Waals surface area contributed by atoms with Crippen LogP contribution < -0.4 is 9.73 Å². The summed E-state index contributed by atoms with van der Waals surface area (Å²) in [5.41, 5.74) is 0.971. The van der Waals surface area contributed by atoms with Crippen molar-refractivity contribution in [1.29, 1.82) is 0 Å². The van der Waals surface area contributed by atoms with Crippen LogP contribution in [0.4, 0.5) is 5.69 Å². The number of hydrogen-bond donors (Lipinski definition) is 1. The van der Waals surface area contributed by atoms with Gasteiger partial charge in [0, 0.05) is 36.8 Å². The van der Waals surface area contributed by atoms with E-state index in [0.717, 1.165) is 11.1 Å². The second-order valence-corrected chi connectivity index (χ2v) is 6.13. The van der Waals surface area contributed by atoms with Crippen molar-refractivity contribution in [3.8, 4) is 0 Å². The molecule has 5 nitrogen and oxygen atoms in total. The minimum atomic E-state index is -3.66. The Bertz CT molecular complexity index is 752. The van der Waals surface area contributed by atoms with Crippen LogP contribution in [0.25, 0.3) is 10.8 Å². The maximum absolute atomic E-state index is 12.2. The van der Waals surface area contributed by atoms with Crippen LogP contribution in [0.5, 0.6) is 0 Å². The Balaban J connectivity index is 2.71. The fourth-order valence-electron chi connectivity index (χ4n) is 2.06. The molecule has 0 aliphatic carbocycles. The number of nitrogens with zero attached hydrogens (tertiary/aromatic N) is 2. The van der Waals surface area contributed by atoms with Crippen LogP contribution in [0.15, 0.2) is 46.4 Å². The molecule has 0 atom stereocenters. The molecule has 0 amide bonds. The highest BCUT2D eigenvalue weighted by Crippen LogP contribution is 2.29. The second kappa shape index (κ2) is 5.50. The van der Waals surface area contributed by atoms with Gasteiger partial charge in [-0.2, -0.15) is 13.5 Å². The standard InChI is InChI=1S/C14H17N3O2S/c1-4-15-16-20(18,19)14-10-6-7-11-12(14)8-5-9-13(11)17(2)3/h4-10,16H,1-3H3/b15-4+. The Morgan fingerprint density at radius 2 is 1.75 bits per heavy atom. The lowest BCUT2D eigenvalue weighted by Gasteiger charge is -2.16. The Morgan fingerprint density at radius 3 is 2.40 bits per heavy atom. The molecule has 0 saturated heterocycles. The molecule has 0 radical (unpaired) electrons. The molecule has 6 heteroatoms. The van der Waals surface area contributed by atoms with Gasteiger partial charge in [0.2, 0.25) is 0 Å². The molecule has 106 valence electrons. The van der Waals surface area contributed by atoms with Gasteiger partial charge >= 0.3 is 0 Å². The average molecular weight is 291 g/mol. The predicted octanol–water partition coefficient (Wildman–Crippen LogP) is 2.19. The second-order valence-electron chi connectivity index (χ2n) is 4.50. The molecule has 2 aromatic rings. The fraction of sp³-hybridized carbons (Fsp3) is 0.214. The van der Waals surface area contributed by atoms with Gasteiger partial charge in [0.1, 0.15) is 0 Å². The molecule has 0 aliphatic heterocycles. The average Bonchev–Trinajstić information content (AvgIpc) is 2.43. The van der Waals surface area contributed by atoms with E-state index in [1.165, 1.54) is 6.21 Å². The molecule has 0 saturated carbocycles. The number of benzene rings is 2. The zero-order valence-corrected chi connectivity index (χ0v) is 12.5. The molecule has 0 aliphatic rings. The summed E-state index contributed by atoms with van der Waals surface area (Å²) < 4.78 is 24.5. The SMILES string of the molecule is C/C=N/NS(=O)(=O)c1cccc2c(N(C)C)cccc12. The number of sulfonamides is 1. The molecular formula is C14H17N3O2S. The summed E-state index contributed by atoms with van der Waals surface area (Å²) in [6, 6.07) is 10.8. The molecule has 2 aromatic carbocycles. The van der Waals surface area contributed by atoms with Crippen molar-refractivity contribution in [3.05, 3.63) is 36.4 Å². The van der Waals surface area contributed by atoms with Crippen LogP contribution in [-0.4, -0.2) is 28.7 Å². The van der Waals surface area contributed by atoms with Gasteiger partial charge in [-0.3, -0.25) is 0 Å². The third-order valence-electron chi connectivity index (χ3n) is 2.93. The highest BCUT2D eigenvalue weighted by molar-refractivity contribution is 7.89. The minimum Gasteiger partial charge on any atom is -0.377 e. The third-order valence-corrected chi connectivity index (χ3v) is 4.21. The summed E-state index contributed by atoms with van der Waals surface area (Å²) in [7, 11) is 0.194. The van der Waals surface area contributed by atoms with Crippen LogP contribution in [0.3, 0.4) is 0 Å². The zero-order valence-electron chi connectivity index (χ0n) is 11.7. The zero-order chi connectivity index (χ0) is 14.8. The van der Waals surface area contributed by atoms with Crippen LogP contribution in [0.1, 0.15) is 6.92 Å². The number of rotatable bonds is 4. The van der Waals surface area contributed by atoms with E-state index >= 15 is 0 Å². The Labute approximate surface area is 119 Å². The van der Waals surface area contributed by atoms with Crippen molar-refractivity contribution in [3.63, 3.8) is 0 Å². The monoisotopic (exact) mass is 291 g/mol. The van der Waals surface area contributed by atoms with E-state index in [2.05, 4.69) is 9.93 Å². The number of hydrazone groups is 1. The molecule has 0 fully saturated rings. The topological polar surface area (TPSA) is 61.8 Å². The molecule has 0 spiro atoms. The highest BCUT2D eigenvalue weighted by atomic mass is 32.2. The van der Waals surface area contributed by atoms with Gasteiger partial charge in [-0.15, -0.1) is 0 Å². The Kier molecular flexibility index (Phi) is 3.94. The quantitative estimate of drug-likeness (QED) is 0.694. The largest absolute Gasteiger partial charge is 0.377 e. The maximum atomic E-state index is 12.2. The molecule has 0 heterocycles. The molecule has 0 unspecified atom stereocenters. The summed E-state index contributed by atoms with van der Waals surface area (Å²) in [5, 5.41) is 5.18. The summed E-state index contributed by atoms with van der Waals surface area (Å²) in [6.45, 7) is 1.65. The Hall–Kier alpha value is -2.08. The van der Waals surface area contributed by atoms with Gasteiger partial charge in [0.15, 0.2) is 0 Å². The van der Waals surface area contributed by atoms with Gasteiger partial charge in [0.05, 0.1) is 4.90 Å². The Morgan fingerprint density at radius 1 is 1.10 bits per heavy atom. The van der Waals surface area contributed by atoms with E-state index in [9.17, 15) is 8.42 Å². The summed E-state index contributed by atoms with van der Waals surface area (Å²) in [6.07, 6.45) is 1.40. The summed E-state index contributed by atoms with van der Waals surface area (Å²) >= 11 is 0. The van der Waals surface area contributed by atoms with Gasteiger partial charge in [-0.1, -0.05) is 24.3 Å². The molecular weight excluding hydrogens is 274 g/mol. The van der Waals surface area contributed by atoms with Crippen molar-refractivity contribution in [1.82, 2.24) is 4.83 Å². The fourth-order valence-corrected chi connectivity index (χ4v) is 3.13. The van der Waals surface area contributed by atoms with Crippen molar-refractivity contribution in [2.24, 2.45) is 5.10 Å². The highest BCUT2D eigenvalue weighted by Gasteiger charge is 2.17. The number of nitrogens with one attached hydrogen (secondary N) is 1. The number of fused-ring (bicyclic) bond motifs is 1. The van der Waals surface area contributed by atoms with Crippen LogP contribution >= 0.6 is 0 Å². The maximum Gasteiger partial charge on any atom is 0.277 e. The number of anilines is 1. The van der Waals surface area contributed by atoms with E-state index in [4.69, 9.17) is 0 Å². The predicted molar refractivity (Wildman–Crippen MR) is 82.8 cm³/mol.